The molecule has 2 saturated carbocycles. The van der Waals surface area contributed by atoms with Gasteiger partial charge in [-0.25, -0.2) is 0 Å². The summed E-state index contributed by atoms with van der Waals surface area (Å²) in [7, 11) is 0. The molecule has 6 unspecified atom stereocenters. The lowest BCUT2D eigenvalue weighted by Crippen LogP contribution is -2.30. The van der Waals surface area contributed by atoms with E-state index in [9.17, 15) is 4.79 Å². The molecule has 0 aromatic rings. The maximum absolute atomic E-state index is 11.4. The fraction of sp³-hybridized carbons (Fsp3) is 0.800. The Labute approximate surface area is 76.7 Å². The van der Waals surface area contributed by atoms with E-state index in [1.807, 2.05) is 0 Å². The molecule has 3 nitrogen and oxygen atoms in total. The normalized spacial score (nSPS) is 56.5. The van der Waals surface area contributed by atoms with Gasteiger partial charge in [-0.15, -0.1) is 0 Å². The van der Waals surface area contributed by atoms with Gasteiger partial charge in [-0.3, -0.25) is 4.79 Å². The molecule has 0 radical (unpaired) electrons. The molecular formula is C10H11NO2. The van der Waals surface area contributed by atoms with E-state index in [1.165, 1.54) is 0 Å². The summed E-state index contributed by atoms with van der Waals surface area (Å²) in [6.45, 7) is 2.11. The van der Waals surface area contributed by atoms with Crippen molar-refractivity contribution in [2.75, 3.05) is 0 Å². The standard InChI is InChI=1S/C10H11NO2/c1-4-5-2-6-8(7(5)3-11)10(12)13-9(4)6/h4-9H,2H2,1H3. The van der Waals surface area contributed by atoms with Crippen molar-refractivity contribution >= 4 is 5.97 Å². The lowest BCUT2D eigenvalue weighted by molar-refractivity contribution is -0.144. The molecule has 0 spiro atoms. The maximum Gasteiger partial charge on any atom is 0.311 e. The van der Waals surface area contributed by atoms with Crippen LogP contribution in [0.15, 0.2) is 0 Å². The second-order valence-electron chi connectivity index (χ2n) is 4.50. The summed E-state index contributed by atoms with van der Waals surface area (Å²) < 4.78 is 5.29. The Hall–Kier alpha value is -1.04. The van der Waals surface area contributed by atoms with Gasteiger partial charge in [0.2, 0.25) is 0 Å². The van der Waals surface area contributed by atoms with Crippen LogP contribution in [-0.2, 0) is 9.53 Å². The van der Waals surface area contributed by atoms with E-state index >= 15 is 0 Å². The summed E-state index contributed by atoms with van der Waals surface area (Å²) >= 11 is 0. The zero-order chi connectivity index (χ0) is 9.16. The fourth-order valence-electron chi connectivity index (χ4n) is 3.56. The molecule has 2 bridgehead atoms. The molecule has 1 heterocycles. The molecule has 68 valence electrons. The van der Waals surface area contributed by atoms with Crippen LogP contribution in [0.1, 0.15) is 13.3 Å². The van der Waals surface area contributed by atoms with Crippen LogP contribution in [0.3, 0.4) is 0 Å². The van der Waals surface area contributed by atoms with E-state index < -0.39 is 0 Å². The van der Waals surface area contributed by atoms with Crippen molar-refractivity contribution in [3.63, 3.8) is 0 Å². The van der Waals surface area contributed by atoms with Gasteiger partial charge in [-0.1, -0.05) is 6.92 Å². The molecule has 0 amide bonds. The van der Waals surface area contributed by atoms with E-state index in [4.69, 9.17) is 10.00 Å². The lowest BCUT2D eigenvalue weighted by Gasteiger charge is -2.24. The molecule has 0 aromatic carbocycles. The van der Waals surface area contributed by atoms with Crippen molar-refractivity contribution in [3.05, 3.63) is 0 Å². The SMILES string of the molecule is CC1C2CC3C1OC(=O)C3C2C#N. The summed E-state index contributed by atoms with van der Waals surface area (Å²) in [5, 5.41) is 8.99. The number of ether oxygens (including phenoxy) is 1. The van der Waals surface area contributed by atoms with Gasteiger partial charge in [0.1, 0.15) is 6.10 Å². The van der Waals surface area contributed by atoms with Gasteiger partial charge in [0, 0.05) is 5.92 Å². The highest BCUT2D eigenvalue weighted by Gasteiger charge is 2.65. The molecule has 2 aliphatic carbocycles. The molecule has 3 aliphatic rings. The molecule has 3 heteroatoms. The molecule has 6 atom stereocenters. The Morgan fingerprint density at radius 3 is 3.00 bits per heavy atom. The summed E-state index contributed by atoms with van der Waals surface area (Å²) in [5.41, 5.74) is 0. The Balaban J connectivity index is 2.07. The van der Waals surface area contributed by atoms with Crippen molar-refractivity contribution in [1.82, 2.24) is 0 Å². The van der Waals surface area contributed by atoms with Gasteiger partial charge in [0.15, 0.2) is 0 Å². The van der Waals surface area contributed by atoms with Crippen LogP contribution in [0, 0.1) is 40.9 Å². The van der Waals surface area contributed by atoms with E-state index in [0.717, 1.165) is 6.42 Å². The summed E-state index contributed by atoms with van der Waals surface area (Å²) in [4.78, 5) is 11.4. The molecule has 0 aromatic heterocycles. The van der Waals surface area contributed by atoms with Crippen molar-refractivity contribution in [1.29, 1.82) is 5.26 Å². The summed E-state index contributed by atoms with van der Waals surface area (Å²) in [6, 6.07) is 2.28. The van der Waals surface area contributed by atoms with Crippen molar-refractivity contribution in [3.8, 4) is 6.07 Å². The zero-order valence-electron chi connectivity index (χ0n) is 7.43. The second kappa shape index (κ2) is 2.06. The highest BCUT2D eigenvalue weighted by atomic mass is 16.6. The van der Waals surface area contributed by atoms with Crippen LogP contribution in [0.4, 0.5) is 0 Å². The van der Waals surface area contributed by atoms with E-state index in [-0.39, 0.29) is 23.9 Å². The second-order valence-corrected chi connectivity index (χ2v) is 4.50. The third-order valence-electron chi connectivity index (χ3n) is 4.14. The minimum absolute atomic E-state index is 0.0637. The number of hydrogen-bond acceptors (Lipinski definition) is 3. The summed E-state index contributed by atoms with van der Waals surface area (Å²) in [6.07, 6.45) is 1.16. The number of fused-ring (bicyclic) bond motifs is 1. The quantitative estimate of drug-likeness (QED) is 0.518. The van der Waals surface area contributed by atoms with Crippen LogP contribution >= 0.6 is 0 Å². The minimum Gasteiger partial charge on any atom is -0.461 e. The monoisotopic (exact) mass is 177 g/mol. The molecule has 0 N–H and O–H groups in total. The highest BCUT2D eigenvalue weighted by molar-refractivity contribution is 5.77. The first-order valence-electron chi connectivity index (χ1n) is 4.84. The number of hydrogen-bond donors (Lipinski definition) is 0. The number of esters is 1. The van der Waals surface area contributed by atoms with Gasteiger partial charge in [-0.2, -0.15) is 5.26 Å². The zero-order valence-corrected chi connectivity index (χ0v) is 7.43. The van der Waals surface area contributed by atoms with Gasteiger partial charge in [0.05, 0.1) is 17.9 Å². The molecule has 1 aliphatic heterocycles. The summed E-state index contributed by atoms with van der Waals surface area (Å²) in [5.74, 6) is 0.904. The van der Waals surface area contributed by atoms with E-state index in [0.29, 0.717) is 17.8 Å². The molecule has 13 heavy (non-hydrogen) atoms. The van der Waals surface area contributed by atoms with E-state index in [2.05, 4.69) is 13.0 Å². The average Bonchev–Trinajstić information content (AvgIpc) is 2.68. The minimum atomic E-state index is -0.117. The van der Waals surface area contributed by atoms with E-state index in [1.54, 1.807) is 0 Å². The van der Waals surface area contributed by atoms with Crippen LogP contribution in [0.2, 0.25) is 0 Å². The van der Waals surface area contributed by atoms with Gasteiger partial charge < -0.3 is 4.74 Å². The predicted octanol–water partition coefficient (Wildman–Crippen LogP) is 0.954. The number of carbonyl (C=O) groups is 1. The van der Waals surface area contributed by atoms with Gasteiger partial charge >= 0.3 is 5.97 Å². The van der Waals surface area contributed by atoms with Crippen LogP contribution < -0.4 is 0 Å². The first kappa shape index (κ1) is 7.37. The van der Waals surface area contributed by atoms with Crippen LogP contribution in [-0.4, -0.2) is 12.1 Å². The van der Waals surface area contributed by atoms with Crippen molar-refractivity contribution in [2.24, 2.45) is 29.6 Å². The highest BCUT2D eigenvalue weighted by Crippen LogP contribution is 2.59. The van der Waals surface area contributed by atoms with Crippen molar-refractivity contribution < 1.29 is 9.53 Å². The third-order valence-corrected chi connectivity index (χ3v) is 4.14. The van der Waals surface area contributed by atoms with Gasteiger partial charge in [0.25, 0.3) is 0 Å². The number of nitrogens with zero attached hydrogens (tertiary/aromatic N) is 1. The predicted molar refractivity (Wildman–Crippen MR) is 43.2 cm³/mol. The molecule has 3 fully saturated rings. The molecule has 3 rings (SSSR count). The third kappa shape index (κ3) is 0.644. The van der Waals surface area contributed by atoms with Gasteiger partial charge in [-0.05, 0) is 18.3 Å². The topological polar surface area (TPSA) is 50.1 Å². The Morgan fingerprint density at radius 1 is 1.54 bits per heavy atom. The lowest BCUT2D eigenvalue weighted by atomic mass is 9.76. The number of nitriles is 1. The maximum atomic E-state index is 11.4. The Bertz CT molecular complexity index is 319. The largest absolute Gasteiger partial charge is 0.461 e. The average molecular weight is 177 g/mol. The number of rotatable bonds is 0. The molecule has 1 saturated heterocycles. The first-order chi connectivity index (χ1) is 6.24. The first-order valence-corrected chi connectivity index (χ1v) is 4.84. The van der Waals surface area contributed by atoms with Crippen molar-refractivity contribution in [2.45, 2.75) is 19.4 Å². The molecular weight excluding hydrogens is 166 g/mol. The number of carbonyl (C=O) groups excluding carboxylic acids is 1. The van der Waals surface area contributed by atoms with Crippen LogP contribution in [0.5, 0.6) is 0 Å². The fourth-order valence-corrected chi connectivity index (χ4v) is 3.56. The van der Waals surface area contributed by atoms with Crippen LogP contribution in [0.25, 0.3) is 0 Å². The Kier molecular flexibility index (Phi) is 1.17. The Morgan fingerprint density at radius 2 is 2.31 bits per heavy atom. The smallest absolute Gasteiger partial charge is 0.311 e.